The van der Waals surface area contributed by atoms with Gasteiger partial charge in [-0.15, -0.1) is 0 Å². The van der Waals surface area contributed by atoms with Gasteiger partial charge in [-0.3, -0.25) is 24.5 Å². The van der Waals surface area contributed by atoms with E-state index < -0.39 is 11.0 Å². The fraction of sp³-hybridized carbons (Fsp3) is 0.286. The van der Waals surface area contributed by atoms with Crippen molar-refractivity contribution in [3.63, 3.8) is 0 Å². The fourth-order valence-electron chi connectivity index (χ4n) is 3.58. The number of aryl methyl sites for hydroxylation is 1. The van der Waals surface area contributed by atoms with Gasteiger partial charge in [-0.25, -0.2) is 0 Å². The molecule has 1 fully saturated rings. The molecule has 0 bridgehead atoms. The molecule has 1 saturated heterocycles. The number of carbonyl (C=O) groups is 3. The van der Waals surface area contributed by atoms with Crippen LogP contribution in [0.2, 0.25) is 5.02 Å². The van der Waals surface area contributed by atoms with Crippen LogP contribution in [-0.2, 0) is 4.79 Å². The zero-order chi connectivity index (χ0) is 22.7. The number of nitro groups is 1. The summed E-state index contributed by atoms with van der Waals surface area (Å²) in [6.07, 6.45) is 1.14. The van der Waals surface area contributed by atoms with Crippen molar-refractivity contribution in [1.82, 2.24) is 10.2 Å². The summed E-state index contributed by atoms with van der Waals surface area (Å²) in [5, 5.41) is 16.5. The smallest absolute Gasteiger partial charge is 0.272 e. The van der Waals surface area contributed by atoms with Crippen molar-refractivity contribution in [1.29, 1.82) is 0 Å². The Kier molecular flexibility index (Phi) is 6.55. The van der Waals surface area contributed by atoms with E-state index in [4.69, 9.17) is 11.6 Å². The number of hydrogen-bond donors (Lipinski definition) is 2. The van der Waals surface area contributed by atoms with Gasteiger partial charge in [0.15, 0.2) is 0 Å². The fourth-order valence-corrected chi connectivity index (χ4v) is 3.78. The van der Waals surface area contributed by atoms with E-state index in [0.717, 1.165) is 0 Å². The highest BCUT2D eigenvalue weighted by Crippen LogP contribution is 2.26. The number of hydrogen-bond acceptors (Lipinski definition) is 5. The summed E-state index contributed by atoms with van der Waals surface area (Å²) < 4.78 is 0. The van der Waals surface area contributed by atoms with Crippen LogP contribution >= 0.6 is 11.6 Å². The second kappa shape index (κ2) is 9.13. The average Bonchev–Trinajstić information content (AvgIpc) is 3.23. The number of likely N-dealkylation sites (tertiary alicyclic amines) is 1. The van der Waals surface area contributed by atoms with E-state index in [1.165, 1.54) is 42.3 Å². The Bertz CT molecular complexity index is 1070. The number of anilines is 1. The number of nitrogens with one attached hydrogen (secondary N) is 2. The van der Waals surface area contributed by atoms with Crippen LogP contribution in [0.1, 0.15) is 39.1 Å². The number of carbonyl (C=O) groups excluding carboxylic acids is 3. The molecule has 0 spiro atoms. The first-order chi connectivity index (χ1) is 14.7. The van der Waals surface area contributed by atoms with Gasteiger partial charge in [0.1, 0.15) is 6.04 Å². The first kappa shape index (κ1) is 22.2. The molecule has 0 aliphatic carbocycles. The van der Waals surface area contributed by atoms with Crippen molar-refractivity contribution in [3.8, 4) is 0 Å². The molecule has 1 atom stereocenters. The largest absolute Gasteiger partial charge is 0.355 e. The Hall–Kier alpha value is -3.46. The number of rotatable bonds is 5. The molecule has 0 saturated carbocycles. The highest BCUT2D eigenvalue weighted by atomic mass is 35.5. The van der Waals surface area contributed by atoms with Crippen LogP contribution in [0.4, 0.5) is 11.4 Å². The number of nitrogens with zero attached hydrogens (tertiary/aromatic N) is 2. The predicted molar refractivity (Wildman–Crippen MR) is 115 cm³/mol. The van der Waals surface area contributed by atoms with Crippen LogP contribution in [0.5, 0.6) is 0 Å². The van der Waals surface area contributed by atoms with E-state index in [1.54, 1.807) is 13.0 Å². The zero-order valence-corrected chi connectivity index (χ0v) is 17.7. The molecule has 1 unspecified atom stereocenters. The van der Waals surface area contributed by atoms with E-state index in [1.807, 2.05) is 0 Å². The first-order valence-electron chi connectivity index (χ1n) is 9.61. The lowest BCUT2D eigenvalue weighted by Crippen LogP contribution is -2.43. The summed E-state index contributed by atoms with van der Waals surface area (Å²) in [5.41, 5.74) is 1.21. The Labute approximate surface area is 183 Å². The first-order valence-corrected chi connectivity index (χ1v) is 9.99. The lowest BCUT2D eigenvalue weighted by molar-refractivity contribution is -0.385. The zero-order valence-electron chi connectivity index (χ0n) is 17.0. The molecule has 162 valence electrons. The summed E-state index contributed by atoms with van der Waals surface area (Å²) in [6, 6.07) is 8.02. The molecule has 9 nitrogen and oxygen atoms in total. The highest BCUT2D eigenvalue weighted by molar-refractivity contribution is 6.34. The number of amides is 3. The molecule has 10 heteroatoms. The maximum absolute atomic E-state index is 13.0. The molecule has 1 heterocycles. The van der Waals surface area contributed by atoms with Gasteiger partial charge in [0.2, 0.25) is 5.91 Å². The Morgan fingerprint density at radius 2 is 1.94 bits per heavy atom. The molecular weight excluding hydrogens is 424 g/mol. The van der Waals surface area contributed by atoms with Crippen LogP contribution in [0.15, 0.2) is 36.4 Å². The van der Waals surface area contributed by atoms with E-state index in [2.05, 4.69) is 10.6 Å². The van der Waals surface area contributed by atoms with E-state index in [0.29, 0.717) is 30.6 Å². The van der Waals surface area contributed by atoms with Gasteiger partial charge in [-0.1, -0.05) is 11.6 Å². The van der Waals surface area contributed by atoms with Gasteiger partial charge in [0.05, 0.1) is 15.5 Å². The molecule has 0 radical (unpaired) electrons. The summed E-state index contributed by atoms with van der Waals surface area (Å²) in [7, 11) is 1.48. The topological polar surface area (TPSA) is 122 Å². The third-order valence-corrected chi connectivity index (χ3v) is 5.49. The predicted octanol–water partition coefficient (Wildman–Crippen LogP) is 3.16. The van der Waals surface area contributed by atoms with Crippen molar-refractivity contribution in [2.45, 2.75) is 25.8 Å². The van der Waals surface area contributed by atoms with Crippen molar-refractivity contribution < 1.29 is 19.3 Å². The van der Waals surface area contributed by atoms with Crippen molar-refractivity contribution in [2.24, 2.45) is 0 Å². The third-order valence-electron chi connectivity index (χ3n) is 5.16. The monoisotopic (exact) mass is 444 g/mol. The van der Waals surface area contributed by atoms with Gasteiger partial charge in [0, 0.05) is 36.5 Å². The highest BCUT2D eigenvalue weighted by Gasteiger charge is 2.35. The molecule has 1 aliphatic heterocycles. The summed E-state index contributed by atoms with van der Waals surface area (Å²) >= 11 is 6.04. The van der Waals surface area contributed by atoms with E-state index in [9.17, 15) is 24.5 Å². The standard InChI is InChI=1S/C21H21ClN4O5/c1-12-10-13(5-8-17(12)26(30)31)21(29)25-9-3-4-18(25)20(28)24-14-6-7-16(22)15(11-14)19(27)23-2/h5-8,10-11,18H,3-4,9H2,1-2H3,(H,23,27)(H,24,28). The molecule has 2 aromatic carbocycles. The molecule has 3 rings (SSSR count). The minimum atomic E-state index is -0.692. The van der Waals surface area contributed by atoms with Crippen LogP contribution in [-0.4, -0.2) is 47.2 Å². The Morgan fingerprint density at radius 3 is 2.58 bits per heavy atom. The lowest BCUT2D eigenvalue weighted by Gasteiger charge is -2.24. The third kappa shape index (κ3) is 4.66. The second-order valence-corrected chi connectivity index (χ2v) is 7.59. The van der Waals surface area contributed by atoms with Gasteiger partial charge < -0.3 is 15.5 Å². The minimum Gasteiger partial charge on any atom is -0.355 e. The van der Waals surface area contributed by atoms with Crippen LogP contribution in [0, 0.1) is 17.0 Å². The maximum atomic E-state index is 13.0. The normalized spacial score (nSPS) is 15.5. The Balaban J connectivity index is 1.78. The molecule has 1 aliphatic rings. The quantitative estimate of drug-likeness (QED) is 0.541. The number of halogens is 1. The molecule has 0 aromatic heterocycles. The van der Waals surface area contributed by atoms with Gasteiger partial charge in [-0.05, 0) is 50.1 Å². The summed E-state index contributed by atoms with van der Waals surface area (Å²) in [4.78, 5) is 49.7. The number of benzene rings is 2. The molecule has 3 amide bonds. The SMILES string of the molecule is CNC(=O)c1cc(NC(=O)C2CCCN2C(=O)c2ccc([N+](=O)[O-])c(C)c2)ccc1Cl. The molecule has 2 N–H and O–H groups in total. The number of nitro benzene ring substituents is 1. The minimum absolute atomic E-state index is 0.0677. The molecule has 2 aromatic rings. The van der Waals surface area contributed by atoms with Crippen LogP contribution < -0.4 is 10.6 Å². The van der Waals surface area contributed by atoms with Crippen LogP contribution in [0.3, 0.4) is 0 Å². The van der Waals surface area contributed by atoms with Gasteiger partial charge >= 0.3 is 0 Å². The lowest BCUT2D eigenvalue weighted by atomic mass is 10.1. The molecular formula is C21H21ClN4O5. The Morgan fingerprint density at radius 1 is 1.19 bits per heavy atom. The van der Waals surface area contributed by atoms with Crippen molar-refractivity contribution in [3.05, 3.63) is 68.2 Å². The van der Waals surface area contributed by atoms with Crippen molar-refractivity contribution in [2.75, 3.05) is 18.9 Å². The summed E-state index contributed by atoms with van der Waals surface area (Å²) in [5.74, 6) is -1.13. The second-order valence-electron chi connectivity index (χ2n) is 7.18. The van der Waals surface area contributed by atoms with Crippen molar-refractivity contribution >= 4 is 40.7 Å². The van der Waals surface area contributed by atoms with Gasteiger partial charge in [0.25, 0.3) is 17.5 Å². The van der Waals surface area contributed by atoms with E-state index in [-0.39, 0.29) is 39.6 Å². The average molecular weight is 445 g/mol. The van der Waals surface area contributed by atoms with Crippen LogP contribution in [0.25, 0.3) is 0 Å². The summed E-state index contributed by atoms with van der Waals surface area (Å²) in [6.45, 7) is 1.96. The van der Waals surface area contributed by atoms with Gasteiger partial charge in [-0.2, -0.15) is 0 Å². The van der Waals surface area contributed by atoms with E-state index >= 15 is 0 Å². The maximum Gasteiger partial charge on any atom is 0.272 e. The molecule has 31 heavy (non-hydrogen) atoms.